The van der Waals surface area contributed by atoms with Crippen LogP contribution in [0.1, 0.15) is 19.3 Å². The maximum atomic E-state index is 12.3. The zero-order valence-corrected chi connectivity index (χ0v) is 13.7. The Hall–Kier alpha value is -1.59. The van der Waals surface area contributed by atoms with Gasteiger partial charge < -0.3 is 4.74 Å². The molecule has 1 saturated carbocycles. The van der Waals surface area contributed by atoms with Crippen LogP contribution in [0.3, 0.4) is 0 Å². The third-order valence-electron chi connectivity index (χ3n) is 5.61. The lowest BCUT2D eigenvalue weighted by molar-refractivity contribution is -0.154. The van der Waals surface area contributed by atoms with Crippen molar-refractivity contribution in [3.8, 4) is 0 Å². The van der Waals surface area contributed by atoms with Gasteiger partial charge in [-0.3, -0.25) is 10.2 Å². The average Bonchev–Trinajstić information content (AvgIpc) is 2.98. The number of fused-ring (bicyclic) bond motifs is 1. The Kier molecular flexibility index (Phi) is 3.13. The number of anilines is 1. The molecule has 4 aliphatic rings. The summed E-state index contributed by atoms with van der Waals surface area (Å²) >= 11 is 1.71. The van der Waals surface area contributed by atoms with E-state index in [0.717, 1.165) is 36.0 Å². The van der Waals surface area contributed by atoms with E-state index in [2.05, 4.69) is 21.7 Å². The molecule has 0 spiro atoms. The highest BCUT2D eigenvalue weighted by Crippen LogP contribution is 2.46. The normalized spacial score (nSPS) is 34.7. The Morgan fingerprint density at radius 1 is 1.17 bits per heavy atom. The quantitative estimate of drug-likeness (QED) is 0.901. The molecule has 5 heteroatoms. The van der Waals surface area contributed by atoms with Crippen LogP contribution >= 0.6 is 11.3 Å². The second-order valence-corrected chi connectivity index (χ2v) is 8.19. The van der Waals surface area contributed by atoms with Gasteiger partial charge in [0.05, 0.1) is 0 Å². The molecule has 4 bridgehead atoms. The molecule has 4 heterocycles. The van der Waals surface area contributed by atoms with Crippen LogP contribution in [0.2, 0.25) is 0 Å². The monoisotopic (exact) mass is 328 g/mol. The number of carbonyl (C=O) groups excluding carboxylic acids is 1. The molecule has 1 aromatic heterocycles. The molecule has 3 aliphatic heterocycles. The topological polar surface area (TPSA) is 41.6 Å². The van der Waals surface area contributed by atoms with Gasteiger partial charge in [0.25, 0.3) is 0 Å². The van der Waals surface area contributed by atoms with Crippen molar-refractivity contribution in [1.29, 1.82) is 0 Å². The molecule has 2 aromatic rings. The van der Waals surface area contributed by atoms with Crippen molar-refractivity contribution >= 4 is 33.2 Å². The molecule has 0 radical (unpaired) electrons. The Bertz CT molecular complexity index is 728. The van der Waals surface area contributed by atoms with Crippen LogP contribution < -0.4 is 5.32 Å². The number of piperidine rings is 3. The van der Waals surface area contributed by atoms with E-state index in [-0.39, 0.29) is 12.3 Å². The number of rotatable bonds is 2. The van der Waals surface area contributed by atoms with Crippen LogP contribution in [-0.4, -0.2) is 30.3 Å². The van der Waals surface area contributed by atoms with Gasteiger partial charge in [0.15, 0.2) is 6.23 Å². The smallest absolute Gasteiger partial charge is 0.413 e. The first-order valence-corrected chi connectivity index (χ1v) is 9.31. The highest BCUT2D eigenvalue weighted by atomic mass is 32.1. The molecule has 3 atom stereocenters. The fourth-order valence-corrected chi connectivity index (χ4v) is 5.63. The van der Waals surface area contributed by atoms with Crippen molar-refractivity contribution in [3.05, 3.63) is 29.6 Å². The summed E-state index contributed by atoms with van der Waals surface area (Å²) in [6.45, 7) is 2.21. The van der Waals surface area contributed by atoms with Crippen molar-refractivity contribution in [2.45, 2.75) is 25.5 Å². The van der Waals surface area contributed by atoms with E-state index < -0.39 is 0 Å². The SMILES string of the molecule is O=C(Nc1ccc2sccc2c1)O[C@@H]1C2C[C@H]3C[C@H](C2)CN1C3. The Labute approximate surface area is 139 Å². The van der Waals surface area contributed by atoms with Crippen molar-refractivity contribution in [2.75, 3.05) is 18.4 Å². The molecule has 0 unspecified atom stereocenters. The summed E-state index contributed by atoms with van der Waals surface area (Å²) in [5, 5.41) is 6.12. The minimum absolute atomic E-state index is 0.0207. The number of hydrogen-bond acceptors (Lipinski definition) is 4. The van der Waals surface area contributed by atoms with Crippen molar-refractivity contribution in [2.24, 2.45) is 17.8 Å². The summed E-state index contributed by atoms with van der Waals surface area (Å²) in [6.07, 6.45) is 3.49. The maximum absolute atomic E-state index is 12.3. The summed E-state index contributed by atoms with van der Waals surface area (Å²) in [5.74, 6) is 2.19. The number of benzene rings is 1. The predicted molar refractivity (Wildman–Crippen MR) is 91.6 cm³/mol. The van der Waals surface area contributed by atoms with Crippen molar-refractivity contribution < 1.29 is 9.53 Å². The number of nitrogens with one attached hydrogen (secondary N) is 1. The molecule has 6 rings (SSSR count). The molecule has 3 saturated heterocycles. The Morgan fingerprint density at radius 2 is 2.00 bits per heavy atom. The molecular weight excluding hydrogens is 308 g/mol. The lowest BCUT2D eigenvalue weighted by atomic mass is 9.67. The fourth-order valence-electron chi connectivity index (χ4n) is 4.86. The van der Waals surface area contributed by atoms with Crippen LogP contribution in [-0.2, 0) is 4.74 Å². The lowest BCUT2D eigenvalue weighted by Gasteiger charge is -2.55. The molecular formula is C18H20N2O2S. The van der Waals surface area contributed by atoms with Crippen LogP contribution in [0.4, 0.5) is 10.5 Å². The van der Waals surface area contributed by atoms with E-state index in [1.54, 1.807) is 11.3 Å². The van der Waals surface area contributed by atoms with Gasteiger partial charge in [-0.05, 0) is 66.1 Å². The van der Waals surface area contributed by atoms with E-state index >= 15 is 0 Å². The molecule has 1 aliphatic carbocycles. The first-order chi connectivity index (χ1) is 11.2. The summed E-state index contributed by atoms with van der Waals surface area (Å²) in [5.41, 5.74) is 0.805. The van der Waals surface area contributed by atoms with E-state index in [9.17, 15) is 4.79 Å². The van der Waals surface area contributed by atoms with Gasteiger partial charge in [-0.1, -0.05) is 0 Å². The van der Waals surface area contributed by atoms with E-state index in [0.29, 0.717) is 5.92 Å². The molecule has 4 fully saturated rings. The third-order valence-corrected chi connectivity index (χ3v) is 6.51. The zero-order chi connectivity index (χ0) is 15.4. The van der Waals surface area contributed by atoms with Crippen LogP contribution in [0.5, 0.6) is 0 Å². The summed E-state index contributed by atoms with van der Waals surface area (Å²) in [7, 11) is 0. The number of thiophene rings is 1. The van der Waals surface area contributed by atoms with Crippen LogP contribution in [0.25, 0.3) is 10.1 Å². The molecule has 23 heavy (non-hydrogen) atoms. The standard InChI is InChI=1S/C18H20N2O2S/c21-18(19-15-1-2-16-13(8-15)3-4-23-16)22-17-14-6-11-5-12(7-14)10-20(17)9-11/h1-4,8,11-12,14,17H,5-7,9-10H2,(H,19,21)/t11-,12-,17-/m1/s1. The van der Waals surface area contributed by atoms with E-state index in [1.165, 1.54) is 24.0 Å². The minimum atomic E-state index is -0.322. The number of ether oxygens (including phenoxy) is 1. The summed E-state index contributed by atoms with van der Waals surface area (Å²) in [6, 6.07) is 8.06. The van der Waals surface area contributed by atoms with Crippen molar-refractivity contribution in [1.82, 2.24) is 4.90 Å². The van der Waals surface area contributed by atoms with E-state index in [4.69, 9.17) is 4.74 Å². The summed E-state index contributed by atoms with van der Waals surface area (Å²) < 4.78 is 7.04. The minimum Gasteiger partial charge on any atom is -0.430 e. The lowest BCUT2D eigenvalue weighted by Crippen LogP contribution is -2.60. The predicted octanol–water partition coefficient (Wildman–Crippen LogP) is 4.14. The zero-order valence-electron chi connectivity index (χ0n) is 12.9. The largest absolute Gasteiger partial charge is 0.430 e. The van der Waals surface area contributed by atoms with Gasteiger partial charge in [-0.15, -0.1) is 11.3 Å². The van der Waals surface area contributed by atoms with Crippen LogP contribution in [0.15, 0.2) is 29.6 Å². The Morgan fingerprint density at radius 3 is 2.78 bits per heavy atom. The van der Waals surface area contributed by atoms with Crippen molar-refractivity contribution in [3.63, 3.8) is 0 Å². The summed E-state index contributed by atoms with van der Waals surface area (Å²) in [4.78, 5) is 14.7. The second-order valence-electron chi connectivity index (χ2n) is 7.25. The van der Waals surface area contributed by atoms with Gasteiger partial charge in [0.1, 0.15) is 0 Å². The molecule has 1 aromatic carbocycles. The van der Waals surface area contributed by atoms with Gasteiger partial charge in [-0.25, -0.2) is 4.79 Å². The van der Waals surface area contributed by atoms with Gasteiger partial charge in [-0.2, -0.15) is 0 Å². The van der Waals surface area contributed by atoms with Gasteiger partial charge >= 0.3 is 6.09 Å². The van der Waals surface area contributed by atoms with Gasteiger partial charge in [0, 0.05) is 29.4 Å². The number of hydrogen-bond donors (Lipinski definition) is 1. The second kappa shape index (κ2) is 5.21. The first kappa shape index (κ1) is 13.8. The molecule has 1 amide bonds. The maximum Gasteiger partial charge on any atom is 0.413 e. The highest BCUT2D eigenvalue weighted by Gasteiger charge is 2.48. The Balaban J connectivity index is 1.28. The highest BCUT2D eigenvalue weighted by molar-refractivity contribution is 7.17. The molecule has 4 nitrogen and oxygen atoms in total. The molecule has 1 N–H and O–H groups in total. The van der Waals surface area contributed by atoms with E-state index in [1.807, 2.05) is 18.2 Å². The third kappa shape index (κ3) is 2.42. The number of amides is 1. The van der Waals surface area contributed by atoms with Gasteiger partial charge in [0.2, 0.25) is 0 Å². The van der Waals surface area contributed by atoms with Crippen LogP contribution in [0, 0.1) is 17.8 Å². The fraction of sp³-hybridized carbons (Fsp3) is 0.500. The average molecular weight is 328 g/mol. The number of nitrogens with zero attached hydrogens (tertiary/aromatic N) is 1. The number of carbonyl (C=O) groups is 1. The molecule has 120 valence electrons. The first-order valence-electron chi connectivity index (χ1n) is 8.43.